The predicted octanol–water partition coefficient (Wildman–Crippen LogP) is 2.51. The third-order valence-electron chi connectivity index (χ3n) is 4.28. The summed E-state index contributed by atoms with van der Waals surface area (Å²) in [4.78, 5) is 11.8. The number of ether oxygens (including phenoxy) is 2. The summed E-state index contributed by atoms with van der Waals surface area (Å²) >= 11 is 0. The second kappa shape index (κ2) is 7.25. The maximum Gasteiger partial charge on any atom is 0.322 e. The molecule has 0 aromatic carbocycles. The van der Waals surface area contributed by atoms with E-state index in [1.165, 1.54) is 7.11 Å². The molecule has 1 aliphatic rings. The summed E-state index contributed by atoms with van der Waals surface area (Å²) in [5, 5.41) is 3.46. The second-order valence-corrected chi connectivity index (χ2v) is 5.94. The maximum absolute atomic E-state index is 11.8. The fourth-order valence-corrected chi connectivity index (χ4v) is 2.71. The van der Waals surface area contributed by atoms with E-state index in [1.807, 2.05) is 6.92 Å². The quantitative estimate of drug-likeness (QED) is 0.689. The monoisotopic (exact) mass is 271 g/mol. The summed E-state index contributed by atoms with van der Waals surface area (Å²) < 4.78 is 10.6. The van der Waals surface area contributed by atoms with Gasteiger partial charge >= 0.3 is 5.97 Å². The Kier molecular flexibility index (Phi) is 6.27. The van der Waals surface area contributed by atoms with Gasteiger partial charge in [-0.05, 0) is 19.8 Å². The molecule has 1 saturated carbocycles. The smallest absolute Gasteiger partial charge is 0.322 e. The van der Waals surface area contributed by atoms with Gasteiger partial charge < -0.3 is 14.8 Å². The summed E-state index contributed by atoms with van der Waals surface area (Å²) in [5.74, 6) is -0.149. The van der Waals surface area contributed by atoms with E-state index in [9.17, 15) is 4.79 Å². The zero-order chi connectivity index (χ0) is 14.5. The Morgan fingerprint density at radius 1 is 1.42 bits per heavy atom. The molecule has 0 bridgehead atoms. The highest BCUT2D eigenvalue weighted by molar-refractivity contribution is 5.75. The molecular weight excluding hydrogens is 242 g/mol. The second-order valence-electron chi connectivity index (χ2n) is 5.94. The molecule has 1 aliphatic carbocycles. The number of methoxy groups -OCH3 is 1. The van der Waals surface area contributed by atoms with Crippen LogP contribution in [0, 0.1) is 5.41 Å². The lowest BCUT2D eigenvalue weighted by Crippen LogP contribution is -2.63. The lowest BCUT2D eigenvalue weighted by Gasteiger charge is -2.52. The van der Waals surface area contributed by atoms with Crippen molar-refractivity contribution >= 4 is 5.97 Å². The first-order valence-electron chi connectivity index (χ1n) is 7.42. The SMILES string of the molecule is CCCCC(NC1CC(OCC)C1(C)C)C(=O)OC. The van der Waals surface area contributed by atoms with Crippen molar-refractivity contribution in [2.75, 3.05) is 13.7 Å². The molecule has 1 N–H and O–H groups in total. The first kappa shape index (κ1) is 16.4. The summed E-state index contributed by atoms with van der Waals surface area (Å²) in [5.41, 5.74) is 0.0779. The Balaban J connectivity index is 2.53. The van der Waals surface area contributed by atoms with Gasteiger partial charge in [0.1, 0.15) is 6.04 Å². The highest BCUT2D eigenvalue weighted by Gasteiger charge is 2.49. The zero-order valence-electron chi connectivity index (χ0n) is 13.0. The van der Waals surface area contributed by atoms with Crippen LogP contribution in [0.15, 0.2) is 0 Å². The van der Waals surface area contributed by atoms with Crippen LogP contribution in [-0.2, 0) is 14.3 Å². The van der Waals surface area contributed by atoms with Crippen LogP contribution < -0.4 is 5.32 Å². The normalized spacial score (nSPS) is 26.6. The molecule has 0 saturated heterocycles. The average Bonchev–Trinajstić information content (AvgIpc) is 2.40. The predicted molar refractivity (Wildman–Crippen MR) is 76.1 cm³/mol. The first-order valence-corrected chi connectivity index (χ1v) is 7.42. The van der Waals surface area contributed by atoms with E-state index in [1.54, 1.807) is 0 Å². The fraction of sp³-hybridized carbons (Fsp3) is 0.933. The van der Waals surface area contributed by atoms with E-state index in [2.05, 4.69) is 26.1 Å². The summed E-state index contributed by atoms with van der Waals surface area (Å²) in [6, 6.07) is 0.141. The van der Waals surface area contributed by atoms with Gasteiger partial charge in [0, 0.05) is 18.1 Å². The third-order valence-corrected chi connectivity index (χ3v) is 4.28. The summed E-state index contributed by atoms with van der Waals surface area (Å²) in [7, 11) is 1.46. The highest BCUT2D eigenvalue weighted by Crippen LogP contribution is 2.43. The van der Waals surface area contributed by atoms with E-state index in [0.29, 0.717) is 12.1 Å². The number of nitrogens with one attached hydrogen (secondary N) is 1. The average molecular weight is 271 g/mol. The van der Waals surface area contributed by atoms with Crippen molar-refractivity contribution in [1.29, 1.82) is 0 Å². The largest absolute Gasteiger partial charge is 0.468 e. The molecule has 0 radical (unpaired) electrons. The molecular formula is C15H29NO3. The van der Waals surface area contributed by atoms with Crippen molar-refractivity contribution in [3.63, 3.8) is 0 Å². The molecule has 4 heteroatoms. The molecule has 1 rings (SSSR count). The Morgan fingerprint density at radius 2 is 2.11 bits per heavy atom. The zero-order valence-corrected chi connectivity index (χ0v) is 13.0. The molecule has 112 valence electrons. The standard InChI is InChI=1S/C15H29NO3/c1-6-8-9-11(14(17)18-5)16-12-10-13(19-7-2)15(12,3)4/h11-13,16H,6-10H2,1-5H3. The molecule has 4 nitrogen and oxygen atoms in total. The van der Waals surface area contributed by atoms with E-state index < -0.39 is 0 Å². The number of carbonyl (C=O) groups excluding carboxylic acids is 1. The molecule has 3 unspecified atom stereocenters. The van der Waals surface area contributed by atoms with Crippen molar-refractivity contribution in [3.05, 3.63) is 0 Å². The number of unbranched alkanes of at least 4 members (excludes halogenated alkanes) is 1. The minimum Gasteiger partial charge on any atom is -0.468 e. The van der Waals surface area contributed by atoms with Crippen LogP contribution in [0.5, 0.6) is 0 Å². The molecule has 0 amide bonds. The number of esters is 1. The molecule has 1 fully saturated rings. The first-order chi connectivity index (χ1) is 8.97. The van der Waals surface area contributed by atoms with Crippen LogP contribution in [-0.4, -0.2) is 37.9 Å². The number of hydrogen-bond donors (Lipinski definition) is 1. The van der Waals surface area contributed by atoms with Gasteiger partial charge in [-0.3, -0.25) is 4.79 Å². The Hall–Kier alpha value is -0.610. The molecule has 0 aliphatic heterocycles. The van der Waals surface area contributed by atoms with Gasteiger partial charge in [0.25, 0.3) is 0 Å². The molecule has 19 heavy (non-hydrogen) atoms. The number of hydrogen-bond acceptors (Lipinski definition) is 4. The molecule has 3 atom stereocenters. The third kappa shape index (κ3) is 3.93. The maximum atomic E-state index is 11.8. The van der Waals surface area contributed by atoms with Crippen molar-refractivity contribution in [2.45, 2.75) is 71.6 Å². The van der Waals surface area contributed by atoms with Crippen molar-refractivity contribution in [3.8, 4) is 0 Å². The van der Waals surface area contributed by atoms with Gasteiger partial charge in [-0.15, -0.1) is 0 Å². The summed E-state index contributed by atoms with van der Waals surface area (Å²) in [6.45, 7) is 9.30. The Bertz CT molecular complexity index is 291. The van der Waals surface area contributed by atoms with Crippen LogP contribution in [0.25, 0.3) is 0 Å². The van der Waals surface area contributed by atoms with Crippen LogP contribution in [0.3, 0.4) is 0 Å². The van der Waals surface area contributed by atoms with Crippen LogP contribution >= 0.6 is 0 Å². The lowest BCUT2D eigenvalue weighted by atomic mass is 9.64. The van der Waals surface area contributed by atoms with Crippen molar-refractivity contribution in [1.82, 2.24) is 5.32 Å². The minimum atomic E-state index is -0.184. The van der Waals surface area contributed by atoms with E-state index in [-0.39, 0.29) is 17.4 Å². The van der Waals surface area contributed by atoms with Gasteiger partial charge in [0.05, 0.1) is 13.2 Å². The Labute approximate surface area is 117 Å². The van der Waals surface area contributed by atoms with Crippen molar-refractivity contribution in [2.24, 2.45) is 5.41 Å². The van der Waals surface area contributed by atoms with Crippen molar-refractivity contribution < 1.29 is 14.3 Å². The van der Waals surface area contributed by atoms with E-state index >= 15 is 0 Å². The van der Waals surface area contributed by atoms with Crippen LogP contribution in [0.2, 0.25) is 0 Å². The van der Waals surface area contributed by atoms with E-state index in [4.69, 9.17) is 9.47 Å². The van der Waals surface area contributed by atoms with Gasteiger partial charge in [-0.25, -0.2) is 0 Å². The Morgan fingerprint density at radius 3 is 2.58 bits per heavy atom. The molecule has 0 heterocycles. The lowest BCUT2D eigenvalue weighted by molar-refractivity contribution is -0.148. The van der Waals surface area contributed by atoms with Crippen LogP contribution in [0.1, 0.15) is 53.4 Å². The number of rotatable bonds is 8. The van der Waals surface area contributed by atoms with Gasteiger partial charge in [-0.2, -0.15) is 0 Å². The van der Waals surface area contributed by atoms with Gasteiger partial charge in [0.15, 0.2) is 0 Å². The fourth-order valence-electron chi connectivity index (χ4n) is 2.71. The topological polar surface area (TPSA) is 47.6 Å². The molecule has 0 aromatic heterocycles. The number of carbonyl (C=O) groups is 1. The summed E-state index contributed by atoms with van der Waals surface area (Å²) in [6.07, 6.45) is 4.23. The van der Waals surface area contributed by atoms with Crippen LogP contribution in [0.4, 0.5) is 0 Å². The van der Waals surface area contributed by atoms with Gasteiger partial charge in [0.2, 0.25) is 0 Å². The molecule has 0 aromatic rings. The highest BCUT2D eigenvalue weighted by atomic mass is 16.5. The molecule has 0 spiro atoms. The minimum absolute atomic E-state index is 0.0779. The van der Waals surface area contributed by atoms with E-state index in [0.717, 1.165) is 32.3 Å². The van der Waals surface area contributed by atoms with Gasteiger partial charge in [-0.1, -0.05) is 33.6 Å².